The number of nitrogens with zero attached hydrogens (tertiary/aromatic N) is 1. The van der Waals surface area contributed by atoms with Gasteiger partial charge in [-0.15, -0.1) is 0 Å². The molecule has 29 heavy (non-hydrogen) atoms. The molecule has 2 aromatic carbocycles. The van der Waals surface area contributed by atoms with E-state index in [0.717, 1.165) is 5.57 Å². The van der Waals surface area contributed by atoms with Gasteiger partial charge in [0.2, 0.25) is 11.8 Å². The zero-order chi connectivity index (χ0) is 20.7. The Morgan fingerprint density at radius 3 is 2.45 bits per heavy atom. The number of carbonyl (C=O) groups excluding carboxylic acids is 3. The Labute approximate surface area is 178 Å². The lowest BCUT2D eigenvalue weighted by Crippen LogP contribution is -2.30. The second kappa shape index (κ2) is 7.65. The minimum Gasteiger partial charge on any atom is -0.321 e. The van der Waals surface area contributed by atoms with Crippen molar-refractivity contribution in [2.24, 2.45) is 11.8 Å². The number of allylic oxidation sites excluding steroid dienone is 2. The fourth-order valence-corrected chi connectivity index (χ4v) is 4.18. The molecule has 1 N–H and O–H groups in total. The summed E-state index contributed by atoms with van der Waals surface area (Å²) in [5, 5.41) is 3.54. The van der Waals surface area contributed by atoms with Gasteiger partial charge in [0, 0.05) is 10.6 Å². The van der Waals surface area contributed by atoms with E-state index in [4.69, 9.17) is 23.2 Å². The summed E-state index contributed by atoms with van der Waals surface area (Å²) in [6.07, 6.45) is 3.25. The Balaban J connectivity index is 1.52. The van der Waals surface area contributed by atoms with Gasteiger partial charge in [0.25, 0.3) is 5.91 Å². The standard InChI is InChI=1S/C22H18Cl2N2O3/c1-12-2-8-16-17(10-12)22(29)26(21(16)28)15-6-3-13(4-7-15)20(27)25-19-11-14(23)5-9-18(19)24/h2-7,9,11,16-17H,8,10H2,1H3,(H,25,27)/t16-,17-/m0/s1. The molecule has 7 heteroatoms. The number of fused-ring (bicyclic) bond motifs is 1. The molecule has 1 aliphatic carbocycles. The van der Waals surface area contributed by atoms with Crippen molar-refractivity contribution >= 4 is 52.3 Å². The number of nitrogens with one attached hydrogen (secondary N) is 1. The first-order chi connectivity index (χ1) is 13.8. The molecule has 2 atom stereocenters. The molecule has 1 aliphatic heterocycles. The van der Waals surface area contributed by atoms with Gasteiger partial charge in [0.05, 0.1) is 28.2 Å². The van der Waals surface area contributed by atoms with Crippen LogP contribution in [0.1, 0.15) is 30.1 Å². The van der Waals surface area contributed by atoms with E-state index in [9.17, 15) is 14.4 Å². The topological polar surface area (TPSA) is 66.5 Å². The number of hydrogen-bond donors (Lipinski definition) is 1. The summed E-state index contributed by atoms with van der Waals surface area (Å²) in [5.41, 5.74) is 2.40. The highest BCUT2D eigenvalue weighted by atomic mass is 35.5. The Morgan fingerprint density at radius 2 is 1.72 bits per heavy atom. The lowest BCUT2D eigenvalue weighted by atomic mass is 9.82. The SMILES string of the molecule is CC1=CC[C@@H]2C(=O)N(c3ccc(C(=O)Nc4cc(Cl)ccc4Cl)cc3)C(=O)[C@H]2C1. The third kappa shape index (κ3) is 3.68. The Kier molecular flexibility index (Phi) is 5.19. The summed E-state index contributed by atoms with van der Waals surface area (Å²) in [7, 11) is 0. The van der Waals surface area contributed by atoms with Crippen LogP contribution in [0.5, 0.6) is 0 Å². The maximum Gasteiger partial charge on any atom is 0.255 e. The Hall–Kier alpha value is -2.63. The highest BCUT2D eigenvalue weighted by molar-refractivity contribution is 6.36. The first-order valence-corrected chi connectivity index (χ1v) is 10.0. The Bertz CT molecular complexity index is 1050. The summed E-state index contributed by atoms with van der Waals surface area (Å²) in [6, 6.07) is 11.2. The third-order valence-corrected chi connectivity index (χ3v) is 5.95. The van der Waals surface area contributed by atoms with Crippen molar-refractivity contribution in [3.8, 4) is 0 Å². The average Bonchev–Trinajstić information content (AvgIpc) is 2.94. The normalized spacial score (nSPS) is 21.1. The van der Waals surface area contributed by atoms with Crippen molar-refractivity contribution in [2.75, 3.05) is 10.2 Å². The summed E-state index contributed by atoms with van der Waals surface area (Å²) in [5.74, 6) is -1.30. The van der Waals surface area contributed by atoms with Crippen molar-refractivity contribution in [3.63, 3.8) is 0 Å². The van der Waals surface area contributed by atoms with Gasteiger partial charge in [-0.3, -0.25) is 19.3 Å². The highest BCUT2D eigenvalue weighted by Gasteiger charge is 2.48. The highest BCUT2D eigenvalue weighted by Crippen LogP contribution is 2.39. The largest absolute Gasteiger partial charge is 0.321 e. The van der Waals surface area contributed by atoms with Crippen LogP contribution in [-0.4, -0.2) is 17.7 Å². The second-order valence-corrected chi connectivity index (χ2v) is 8.18. The van der Waals surface area contributed by atoms with Crippen molar-refractivity contribution in [3.05, 3.63) is 69.7 Å². The average molecular weight is 429 g/mol. The monoisotopic (exact) mass is 428 g/mol. The molecule has 0 radical (unpaired) electrons. The lowest BCUT2D eigenvalue weighted by Gasteiger charge is -2.18. The number of rotatable bonds is 3. The van der Waals surface area contributed by atoms with E-state index >= 15 is 0 Å². The third-order valence-electron chi connectivity index (χ3n) is 5.39. The van der Waals surface area contributed by atoms with Crippen LogP contribution in [0.25, 0.3) is 0 Å². The van der Waals surface area contributed by atoms with E-state index in [1.54, 1.807) is 42.5 Å². The van der Waals surface area contributed by atoms with Crippen molar-refractivity contribution < 1.29 is 14.4 Å². The molecule has 148 valence electrons. The van der Waals surface area contributed by atoms with E-state index in [1.165, 1.54) is 4.90 Å². The zero-order valence-electron chi connectivity index (χ0n) is 15.6. The van der Waals surface area contributed by atoms with Gasteiger partial charge in [-0.05, 0) is 62.2 Å². The number of benzene rings is 2. The minimum atomic E-state index is -0.367. The summed E-state index contributed by atoms with van der Waals surface area (Å²) < 4.78 is 0. The lowest BCUT2D eigenvalue weighted by molar-refractivity contribution is -0.122. The molecule has 0 bridgehead atoms. The van der Waals surface area contributed by atoms with Crippen LogP contribution in [0.2, 0.25) is 10.0 Å². The summed E-state index contributed by atoms with van der Waals surface area (Å²) in [4.78, 5) is 39.3. The maximum atomic E-state index is 12.8. The predicted molar refractivity (Wildman–Crippen MR) is 113 cm³/mol. The second-order valence-electron chi connectivity index (χ2n) is 7.34. The van der Waals surface area contributed by atoms with E-state index in [2.05, 4.69) is 5.32 Å². The first-order valence-electron chi connectivity index (χ1n) is 9.25. The van der Waals surface area contributed by atoms with Crippen LogP contribution in [0.3, 0.4) is 0 Å². The number of hydrogen-bond acceptors (Lipinski definition) is 3. The van der Waals surface area contributed by atoms with Gasteiger partial charge in [0.1, 0.15) is 0 Å². The number of carbonyl (C=O) groups is 3. The molecule has 1 heterocycles. The molecular weight excluding hydrogens is 411 g/mol. The van der Waals surface area contributed by atoms with Crippen molar-refractivity contribution in [1.82, 2.24) is 0 Å². The molecule has 5 nitrogen and oxygen atoms in total. The van der Waals surface area contributed by atoms with Crippen LogP contribution in [0.15, 0.2) is 54.1 Å². The molecule has 1 fully saturated rings. The van der Waals surface area contributed by atoms with Crippen LogP contribution in [-0.2, 0) is 9.59 Å². The molecule has 0 aromatic heterocycles. The van der Waals surface area contributed by atoms with Gasteiger partial charge in [-0.1, -0.05) is 34.9 Å². The predicted octanol–water partition coefficient (Wildman–Crippen LogP) is 5.09. The minimum absolute atomic E-state index is 0.171. The smallest absolute Gasteiger partial charge is 0.255 e. The molecular formula is C22H18Cl2N2O3. The molecule has 0 unspecified atom stereocenters. The molecule has 0 spiro atoms. The number of anilines is 2. The van der Waals surface area contributed by atoms with Crippen molar-refractivity contribution in [2.45, 2.75) is 19.8 Å². The zero-order valence-corrected chi connectivity index (χ0v) is 17.1. The molecule has 2 aliphatic rings. The van der Waals surface area contributed by atoms with Gasteiger partial charge in [-0.2, -0.15) is 0 Å². The molecule has 4 rings (SSSR count). The van der Waals surface area contributed by atoms with Gasteiger partial charge >= 0.3 is 0 Å². The molecule has 0 saturated carbocycles. The fourth-order valence-electron chi connectivity index (χ4n) is 3.84. The van der Waals surface area contributed by atoms with E-state index in [-0.39, 0.29) is 29.6 Å². The van der Waals surface area contributed by atoms with Gasteiger partial charge in [0.15, 0.2) is 0 Å². The molecule has 1 saturated heterocycles. The quantitative estimate of drug-likeness (QED) is 0.546. The van der Waals surface area contributed by atoms with E-state index < -0.39 is 0 Å². The summed E-state index contributed by atoms with van der Waals surface area (Å²) >= 11 is 12.0. The van der Waals surface area contributed by atoms with Gasteiger partial charge < -0.3 is 5.32 Å². The number of amides is 3. The maximum absolute atomic E-state index is 12.8. The number of imide groups is 1. The van der Waals surface area contributed by atoms with Crippen LogP contribution in [0, 0.1) is 11.8 Å². The van der Waals surface area contributed by atoms with Crippen molar-refractivity contribution in [1.29, 1.82) is 0 Å². The van der Waals surface area contributed by atoms with Gasteiger partial charge in [-0.25, -0.2) is 0 Å². The summed E-state index contributed by atoms with van der Waals surface area (Å²) in [6.45, 7) is 1.98. The molecule has 3 amide bonds. The van der Waals surface area contributed by atoms with Crippen LogP contribution in [0.4, 0.5) is 11.4 Å². The molecule has 2 aromatic rings. The number of halogens is 2. The first kappa shape index (κ1) is 19.7. The van der Waals surface area contributed by atoms with E-state index in [0.29, 0.717) is 39.8 Å². The van der Waals surface area contributed by atoms with Crippen LogP contribution < -0.4 is 10.2 Å². The Morgan fingerprint density at radius 1 is 1.03 bits per heavy atom. The van der Waals surface area contributed by atoms with Crippen LogP contribution >= 0.6 is 23.2 Å². The van der Waals surface area contributed by atoms with E-state index in [1.807, 2.05) is 13.0 Å². The fraction of sp³-hybridized carbons (Fsp3) is 0.227.